The Labute approximate surface area is 181 Å². The zero-order valence-corrected chi connectivity index (χ0v) is 18.0. The summed E-state index contributed by atoms with van der Waals surface area (Å²) in [4.78, 5) is 36.2. The molecule has 2 aromatic rings. The molecule has 2 N–H and O–H groups in total. The van der Waals surface area contributed by atoms with E-state index in [-0.39, 0.29) is 29.7 Å². The van der Waals surface area contributed by atoms with Gasteiger partial charge in [-0.05, 0) is 56.2 Å². The fourth-order valence-corrected chi connectivity index (χ4v) is 4.97. The first kappa shape index (κ1) is 22.6. The quantitative estimate of drug-likeness (QED) is 0.636. The van der Waals surface area contributed by atoms with Gasteiger partial charge in [0.1, 0.15) is 0 Å². The molecule has 3 rings (SSSR count). The maximum absolute atomic E-state index is 12.8. The monoisotopic (exact) mass is 443 g/mol. The van der Waals surface area contributed by atoms with Gasteiger partial charge in [0.2, 0.25) is 21.8 Å². The summed E-state index contributed by atoms with van der Waals surface area (Å²) >= 11 is 0. The zero-order valence-electron chi connectivity index (χ0n) is 17.2. The van der Waals surface area contributed by atoms with Gasteiger partial charge in [-0.2, -0.15) is 4.31 Å². The number of anilines is 1. The van der Waals surface area contributed by atoms with E-state index in [1.807, 2.05) is 0 Å². The maximum Gasteiger partial charge on any atom is 0.243 e. The third kappa shape index (κ3) is 5.77. The number of nitrogens with one attached hydrogen (secondary N) is 2. The predicted octanol–water partition coefficient (Wildman–Crippen LogP) is 2.04. The van der Waals surface area contributed by atoms with E-state index >= 15 is 0 Å². The molecule has 1 heterocycles. The molecular weight excluding hydrogens is 418 g/mol. The van der Waals surface area contributed by atoms with Crippen molar-refractivity contribution in [3.63, 3.8) is 0 Å². The van der Waals surface area contributed by atoms with E-state index in [4.69, 9.17) is 0 Å². The highest BCUT2D eigenvalue weighted by atomic mass is 32.2. The van der Waals surface area contributed by atoms with Gasteiger partial charge in [-0.3, -0.25) is 14.4 Å². The standard InChI is InChI=1S/C22H25N3O5S/c1-16(26)17-9-11-19(12-10-17)24-21(27)14-23-22(28)18-6-5-13-25(15-18)31(29,30)20-7-3-2-4-8-20/h2-4,7-12,18H,5-6,13-15H2,1H3,(H,23,28)(H,24,27). The number of hydrogen-bond acceptors (Lipinski definition) is 5. The Morgan fingerprint density at radius 3 is 2.35 bits per heavy atom. The van der Waals surface area contributed by atoms with E-state index in [9.17, 15) is 22.8 Å². The highest BCUT2D eigenvalue weighted by molar-refractivity contribution is 7.89. The van der Waals surface area contributed by atoms with Gasteiger partial charge in [0, 0.05) is 24.3 Å². The first-order chi connectivity index (χ1) is 14.8. The average molecular weight is 444 g/mol. The average Bonchev–Trinajstić information content (AvgIpc) is 2.78. The van der Waals surface area contributed by atoms with Crippen LogP contribution in [0.3, 0.4) is 0 Å². The summed E-state index contributed by atoms with van der Waals surface area (Å²) in [5.41, 5.74) is 1.06. The molecule has 1 unspecified atom stereocenters. The Balaban J connectivity index is 1.53. The van der Waals surface area contributed by atoms with Crippen LogP contribution in [0.1, 0.15) is 30.1 Å². The fraction of sp³-hybridized carbons (Fsp3) is 0.318. The van der Waals surface area contributed by atoms with Gasteiger partial charge in [-0.25, -0.2) is 8.42 Å². The molecule has 1 fully saturated rings. The first-order valence-corrected chi connectivity index (χ1v) is 11.4. The second kappa shape index (κ2) is 9.84. The summed E-state index contributed by atoms with van der Waals surface area (Å²) in [5.74, 6) is -1.35. The van der Waals surface area contributed by atoms with Crippen molar-refractivity contribution in [2.24, 2.45) is 5.92 Å². The number of sulfonamides is 1. The number of ketones is 1. The van der Waals surface area contributed by atoms with E-state index < -0.39 is 21.8 Å². The molecule has 31 heavy (non-hydrogen) atoms. The lowest BCUT2D eigenvalue weighted by Gasteiger charge is -2.31. The number of nitrogens with zero attached hydrogens (tertiary/aromatic N) is 1. The van der Waals surface area contributed by atoms with E-state index in [0.717, 1.165) is 0 Å². The van der Waals surface area contributed by atoms with Gasteiger partial charge in [0.25, 0.3) is 0 Å². The molecule has 8 nitrogen and oxygen atoms in total. The summed E-state index contributed by atoms with van der Waals surface area (Å²) in [6.45, 7) is 1.67. The molecule has 2 amide bonds. The summed E-state index contributed by atoms with van der Waals surface area (Å²) in [6, 6.07) is 14.6. The van der Waals surface area contributed by atoms with Crippen molar-refractivity contribution in [1.29, 1.82) is 0 Å². The molecule has 0 bridgehead atoms. The summed E-state index contributed by atoms with van der Waals surface area (Å²) < 4.78 is 26.9. The molecule has 0 radical (unpaired) electrons. The molecule has 1 atom stereocenters. The Hall–Kier alpha value is -3.04. The van der Waals surface area contributed by atoms with Crippen molar-refractivity contribution >= 4 is 33.3 Å². The van der Waals surface area contributed by atoms with Crippen molar-refractivity contribution in [3.05, 3.63) is 60.2 Å². The second-order valence-corrected chi connectivity index (χ2v) is 9.35. The van der Waals surface area contributed by atoms with E-state index in [1.165, 1.54) is 23.4 Å². The minimum Gasteiger partial charge on any atom is -0.347 e. The van der Waals surface area contributed by atoms with Gasteiger partial charge in [0.05, 0.1) is 17.4 Å². The highest BCUT2D eigenvalue weighted by Gasteiger charge is 2.33. The highest BCUT2D eigenvalue weighted by Crippen LogP contribution is 2.23. The lowest BCUT2D eigenvalue weighted by molar-refractivity contribution is -0.128. The van der Waals surface area contributed by atoms with Crippen LogP contribution in [0.2, 0.25) is 0 Å². The number of rotatable bonds is 7. The van der Waals surface area contributed by atoms with Crippen LogP contribution in [-0.4, -0.2) is 50.0 Å². The van der Waals surface area contributed by atoms with Crippen molar-refractivity contribution in [2.45, 2.75) is 24.7 Å². The van der Waals surface area contributed by atoms with Crippen LogP contribution in [0.15, 0.2) is 59.5 Å². The molecule has 0 saturated carbocycles. The molecule has 1 saturated heterocycles. The number of hydrogen-bond donors (Lipinski definition) is 2. The zero-order chi connectivity index (χ0) is 22.4. The van der Waals surface area contributed by atoms with Gasteiger partial charge in [0.15, 0.2) is 5.78 Å². The Bertz CT molecular complexity index is 1050. The predicted molar refractivity (Wildman–Crippen MR) is 116 cm³/mol. The van der Waals surface area contributed by atoms with Crippen molar-refractivity contribution in [2.75, 3.05) is 25.0 Å². The van der Waals surface area contributed by atoms with Crippen LogP contribution in [0.25, 0.3) is 0 Å². The number of carbonyl (C=O) groups excluding carboxylic acids is 3. The lowest BCUT2D eigenvalue weighted by Crippen LogP contribution is -2.46. The number of piperidine rings is 1. The molecule has 9 heteroatoms. The number of carbonyl (C=O) groups is 3. The molecule has 2 aromatic carbocycles. The van der Waals surface area contributed by atoms with Crippen LogP contribution < -0.4 is 10.6 Å². The largest absolute Gasteiger partial charge is 0.347 e. The van der Waals surface area contributed by atoms with Crippen LogP contribution in [0.4, 0.5) is 5.69 Å². The smallest absolute Gasteiger partial charge is 0.243 e. The van der Waals surface area contributed by atoms with Crippen LogP contribution in [0.5, 0.6) is 0 Å². The normalized spacial score (nSPS) is 17.0. The van der Waals surface area contributed by atoms with Gasteiger partial charge >= 0.3 is 0 Å². The minimum absolute atomic E-state index is 0.0686. The Morgan fingerprint density at radius 1 is 1.03 bits per heavy atom. The molecule has 0 aliphatic carbocycles. The summed E-state index contributed by atoms with van der Waals surface area (Å²) in [5, 5.41) is 5.24. The minimum atomic E-state index is -3.66. The molecule has 0 spiro atoms. The van der Waals surface area contributed by atoms with Crippen molar-refractivity contribution in [1.82, 2.24) is 9.62 Å². The first-order valence-electron chi connectivity index (χ1n) is 10.0. The lowest BCUT2D eigenvalue weighted by atomic mass is 9.99. The third-order valence-corrected chi connectivity index (χ3v) is 7.01. The Kier molecular flexibility index (Phi) is 7.19. The molecule has 1 aliphatic rings. The molecular formula is C22H25N3O5S. The molecule has 1 aliphatic heterocycles. The maximum atomic E-state index is 12.8. The third-order valence-electron chi connectivity index (χ3n) is 5.13. The Morgan fingerprint density at radius 2 is 1.71 bits per heavy atom. The SMILES string of the molecule is CC(=O)c1ccc(NC(=O)CNC(=O)C2CCCN(S(=O)(=O)c3ccccc3)C2)cc1. The van der Waals surface area contributed by atoms with E-state index in [2.05, 4.69) is 10.6 Å². The van der Waals surface area contributed by atoms with Crippen LogP contribution in [0, 0.1) is 5.92 Å². The van der Waals surface area contributed by atoms with Gasteiger partial charge in [-0.15, -0.1) is 0 Å². The second-order valence-electron chi connectivity index (χ2n) is 7.41. The van der Waals surface area contributed by atoms with Crippen molar-refractivity contribution in [3.8, 4) is 0 Å². The topological polar surface area (TPSA) is 113 Å². The van der Waals surface area contributed by atoms with Gasteiger partial charge in [-0.1, -0.05) is 18.2 Å². The van der Waals surface area contributed by atoms with E-state index in [1.54, 1.807) is 42.5 Å². The fourth-order valence-electron chi connectivity index (χ4n) is 3.42. The number of benzene rings is 2. The molecule has 164 valence electrons. The van der Waals surface area contributed by atoms with Crippen molar-refractivity contribution < 1.29 is 22.8 Å². The summed E-state index contributed by atoms with van der Waals surface area (Å²) in [7, 11) is -3.66. The number of amides is 2. The van der Waals surface area contributed by atoms with Crippen LogP contribution >= 0.6 is 0 Å². The number of Topliss-reactive ketones (excluding diaryl/α,β-unsaturated/α-hetero) is 1. The summed E-state index contributed by atoms with van der Waals surface area (Å²) in [6.07, 6.45) is 1.12. The van der Waals surface area contributed by atoms with Crippen LogP contribution in [-0.2, 0) is 19.6 Å². The molecule has 0 aromatic heterocycles. The van der Waals surface area contributed by atoms with Gasteiger partial charge < -0.3 is 10.6 Å². The van der Waals surface area contributed by atoms with E-state index in [0.29, 0.717) is 30.6 Å².